The van der Waals surface area contributed by atoms with Crippen LogP contribution in [0.4, 0.5) is 0 Å². The molecule has 1 fully saturated rings. The second-order valence-corrected chi connectivity index (χ2v) is 6.38. The third-order valence-electron chi connectivity index (χ3n) is 4.96. The van der Waals surface area contributed by atoms with Crippen LogP contribution in [0.1, 0.15) is 40.9 Å². The quantitative estimate of drug-likeness (QED) is 0.810. The number of hydrogen-bond donors (Lipinski definition) is 0. The number of Topliss-reactive ketones (excluding diaryl/α,β-unsaturated/α-hetero) is 1. The molecule has 3 atom stereocenters. The third-order valence-corrected chi connectivity index (χ3v) is 5.24. The van der Waals surface area contributed by atoms with Gasteiger partial charge in [-0.25, -0.2) is 0 Å². The van der Waals surface area contributed by atoms with Crippen molar-refractivity contribution in [1.29, 1.82) is 0 Å². The standard InChI is InChI=1S/C17H17ClN2O/c1-2-20-16(13(18)9-19-20)17(21)15-12-8-7-10-5-3-4-6-11(10)14(12)15/h3-6,9,12,14-15H,2,7-8H2,1H3. The fourth-order valence-electron chi connectivity index (χ4n) is 3.93. The fourth-order valence-corrected chi connectivity index (χ4v) is 4.16. The lowest BCUT2D eigenvalue weighted by Crippen LogP contribution is -2.13. The van der Waals surface area contributed by atoms with Crippen LogP contribution in [-0.4, -0.2) is 15.6 Å². The Labute approximate surface area is 128 Å². The predicted octanol–water partition coefficient (Wildman–Crippen LogP) is 3.72. The molecule has 4 rings (SSSR count). The Balaban J connectivity index is 1.68. The first-order chi connectivity index (χ1) is 10.2. The minimum atomic E-state index is 0.0909. The molecule has 1 aromatic heterocycles. The second kappa shape index (κ2) is 4.70. The summed E-state index contributed by atoms with van der Waals surface area (Å²) in [4.78, 5) is 12.9. The van der Waals surface area contributed by atoms with E-state index >= 15 is 0 Å². The first-order valence-electron chi connectivity index (χ1n) is 7.55. The zero-order valence-corrected chi connectivity index (χ0v) is 12.7. The summed E-state index contributed by atoms with van der Waals surface area (Å²) in [6, 6.07) is 8.53. The zero-order valence-electron chi connectivity index (χ0n) is 11.9. The van der Waals surface area contributed by atoms with Crippen LogP contribution < -0.4 is 0 Å². The highest BCUT2D eigenvalue weighted by molar-refractivity contribution is 6.33. The number of rotatable bonds is 3. The summed E-state index contributed by atoms with van der Waals surface area (Å²) >= 11 is 6.18. The van der Waals surface area contributed by atoms with E-state index in [2.05, 4.69) is 29.4 Å². The lowest BCUT2D eigenvalue weighted by molar-refractivity contribution is 0.0948. The van der Waals surface area contributed by atoms with Crippen molar-refractivity contribution < 1.29 is 4.79 Å². The summed E-state index contributed by atoms with van der Waals surface area (Å²) in [5.74, 6) is 1.14. The van der Waals surface area contributed by atoms with Gasteiger partial charge in [-0.15, -0.1) is 0 Å². The van der Waals surface area contributed by atoms with Crippen LogP contribution >= 0.6 is 11.6 Å². The Bertz CT molecular complexity index is 721. The molecular weight excluding hydrogens is 284 g/mol. The van der Waals surface area contributed by atoms with Crippen molar-refractivity contribution in [2.75, 3.05) is 0 Å². The molecular formula is C17H17ClN2O. The molecule has 21 heavy (non-hydrogen) atoms. The maximum absolute atomic E-state index is 12.9. The van der Waals surface area contributed by atoms with Gasteiger partial charge in [0, 0.05) is 12.5 Å². The number of ketones is 1. The number of nitrogens with zero attached hydrogens (tertiary/aromatic N) is 2. The Morgan fingerprint density at radius 1 is 1.43 bits per heavy atom. The second-order valence-electron chi connectivity index (χ2n) is 5.97. The van der Waals surface area contributed by atoms with Crippen molar-refractivity contribution in [2.24, 2.45) is 11.8 Å². The number of benzene rings is 1. The van der Waals surface area contributed by atoms with Crippen LogP contribution in [0.2, 0.25) is 5.02 Å². The lowest BCUT2D eigenvalue weighted by Gasteiger charge is -2.13. The monoisotopic (exact) mass is 300 g/mol. The molecule has 0 radical (unpaired) electrons. The topological polar surface area (TPSA) is 34.9 Å². The number of aromatic nitrogens is 2. The maximum Gasteiger partial charge on any atom is 0.186 e. The fraction of sp³-hybridized carbons (Fsp3) is 0.412. The Morgan fingerprint density at radius 3 is 3.05 bits per heavy atom. The molecule has 2 aliphatic rings. The van der Waals surface area contributed by atoms with Gasteiger partial charge in [0.15, 0.2) is 5.78 Å². The van der Waals surface area contributed by atoms with Gasteiger partial charge in [0.1, 0.15) is 5.69 Å². The Hall–Kier alpha value is -1.61. The zero-order chi connectivity index (χ0) is 14.6. The number of aryl methyl sites for hydroxylation is 2. The van der Waals surface area contributed by atoms with Gasteiger partial charge >= 0.3 is 0 Å². The SMILES string of the molecule is CCn1ncc(Cl)c1C(=O)C1C2CCc3ccccc3C21. The van der Waals surface area contributed by atoms with Crippen LogP contribution in [0.5, 0.6) is 0 Å². The molecule has 0 N–H and O–H groups in total. The highest BCUT2D eigenvalue weighted by Gasteiger charge is 2.57. The molecule has 1 saturated carbocycles. The molecule has 0 saturated heterocycles. The van der Waals surface area contributed by atoms with E-state index in [0.29, 0.717) is 29.1 Å². The van der Waals surface area contributed by atoms with Crippen LogP contribution in [0.3, 0.4) is 0 Å². The number of carbonyl (C=O) groups excluding carboxylic acids is 1. The summed E-state index contributed by atoms with van der Waals surface area (Å²) in [5, 5.41) is 4.68. The van der Waals surface area contributed by atoms with Gasteiger partial charge in [-0.05, 0) is 42.7 Å². The van der Waals surface area contributed by atoms with Gasteiger partial charge in [-0.1, -0.05) is 35.9 Å². The van der Waals surface area contributed by atoms with Gasteiger partial charge in [-0.3, -0.25) is 9.48 Å². The average Bonchev–Trinajstić information content (AvgIpc) is 3.14. The van der Waals surface area contributed by atoms with Gasteiger partial charge in [0.25, 0.3) is 0 Å². The van der Waals surface area contributed by atoms with Crippen LogP contribution in [-0.2, 0) is 13.0 Å². The van der Waals surface area contributed by atoms with Crippen molar-refractivity contribution in [3.63, 3.8) is 0 Å². The van der Waals surface area contributed by atoms with Crippen molar-refractivity contribution in [3.05, 3.63) is 52.3 Å². The van der Waals surface area contributed by atoms with E-state index in [4.69, 9.17) is 11.6 Å². The van der Waals surface area contributed by atoms with Gasteiger partial charge < -0.3 is 0 Å². The number of hydrogen-bond acceptors (Lipinski definition) is 2. The first kappa shape index (κ1) is 13.1. The van der Waals surface area contributed by atoms with E-state index in [0.717, 1.165) is 12.8 Å². The number of halogens is 1. The van der Waals surface area contributed by atoms with Crippen LogP contribution in [0, 0.1) is 11.8 Å². The summed E-state index contributed by atoms with van der Waals surface area (Å²) in [5.41, 5.74) is 3.37. The molecule has 3 unspecified atom stereocenters. The molecule has 0 spiro atoms. The molecule has 0 bridgehead atoms. The highest BCUT2D eigenvalue weighted by Crippen LogP contribution is 2.61. The molecule has 0 aliphatic heterocycles. The summed E-state index contributed by atoms with van der Waals surface area (Å²) in [7, 11) is 0. The van der Waals surface area contributed by atoms with Crippen molar-refractivity contribution in [3.8, 4) is 0 Å². The predicted molar refractivity (Wildman–Crippen MR) is 81.7 cm³/mol. The normalized spacial score (nSPS) is 26.1. The summed E-state index contributed by atoms with van der Waals surface area (Å²) in [6.45, 7) is 2.65. The van der Waals surface area contributed by atoms with Crippen molar-refractivity contribution in [1.82, 2.24) is 9.78 Å². The highest BCUT2D eigenvalue weighted by atomic mass is 35.5. The Kier molecular flexibility index (Phi) is 2.93. The van der Waals surface area contributed by atoms with E-state index in [1.54, 1.807) is 10.9 Å². The van der Waals surface area contributed by atoms with Crippen LogP contribution in [0.15, 0.2) is 30.5 Å². The lowest BCUT2D eigenvalue weighted by atomic mass is 9.92. The minimum absolute atomic E-state index is 0.0909. The van der Waals surface area contributed by atoms with E-state index in [-0.39, 0.29) is 11.7 Å². The molecule has 3 nitrogen and oxygen atoms in total. The van der Waals surface area contributed by atoms with E-state index in [1.165, 1.54) is 11.1 Å². The Morgan fingerprint density at radius 2 is 2.24 bits per heavy atom. The minimum Gasteiger partial charge on any atom is -0.292 e. The molecule has 1 aromatic carbocycles. The third kappa shape index (κ3) is 1.87. The van der Waals surface area contributed by atoms with E-state index in [1.807, 2.05) is 6.92 Å². The molecule has 1 heterocycles. The molecule has 4 heteroatoms. The van der Waals surface area contributed by atoms with Crippen LogP contribution in [0.25, 0.3) is 0 Å². The van der Waals surface area contributed by atoms with Crippen molar-refractivity contribution >= 4 is 17.4 Å². The van der Waals surface area contributed by atoms with Crippen molar-refractivity contribution in [2.45, 2.75) is 32.2 Å². The molecule has 108 valence electrons. The van der Waals surface area contributed by atoms with Gasteiger partial charge in [0.05, 0.1) is 11.2 Å². The van der Waals surface area contributed by atoms with Gasteiger partial charge in [0.2, 0.25) is 0 Å². The number of carbonyl (C=O) groups is 1. The molecule has 2 aliphatic carbocycles. The first-order valence-corrected chi connectivity index (χ1v) is 7.93. The smallest absolute Gasteiger partial charge is 0.186 e. The summed E-state index contributed by atoms with van der Waals surface area (Å²) in [6.07, 6.45) is 3.77. The van der Waals surface area contributed by atoms with Gasteiger partial charge in [-0.2, -0.15) is 5.10 Å². The largest absolute Gasteiger partial charge is 0.292 e. The van der Waals surface area contributed by atoms with E-state index < -0.39 is 0 Å². The number of fused-ring (bicyclic) bond motifs is 3. The van der Waals surface area contributed by atoms with E-state index in [9.17, 15) is 4.79 Å². The molecule has 0 amide bonds. The summed E-state index contributed by atoms with van der Waals surface area (Å²) < 4.78 is 1.72. The molecule has 2 aromatic rings. The maximum atomic E-state index is 12.9. The average molecular weight is 301 g/mol.